The van der Waals surface area contributed by atoms with Crippen molar-refractivity contribution in [2.45, 2.75) is 26.7 Å². The lowest BCUT2D eigenvalue weighted by Crippen LogP contribution is -2.41. The maximum absolute atomic E-state index is 5.17. The first-order chi connectivity index (χ1) is 9.69. The number of rotatable bonds is 6. The standard InChI is InChI=1S/C15H26N4O/c1-12(2)9-16-10-13-5-4-8-19(11-13)15-17-7-6-14(18-15)20-3/h6-7,12-13,16H,4-5,8-11H2,1-3H3. The molecule has 0 aromatic carbocycles. The highest BCUT2D eigenvalue weighted by molar-refractivity contribution is 5.32. The van der Waals surface area contributed by atoms with Crippen LogP contribution in [0, 0.1) is 11.8 Å². The van der Waals surface area contributed by atoms with Crippen LogP contribution in [0.3, 0.4) is 0 Å². The minimum Gasteiger partial charge on any atom is -0.481 e. The number of nitrogens with zero attached hydrogens (tertiary/aromatic N) is 3. The molecule has 112 valence electrons. The van der Waals surface area contributed by atoms with Gasteiger partial charge in [0.25, 0.3) is 0 Å². The fraction of sp³-hybridized carbons (Fsp3) is 0.733. The van der Waals surface area contributed by atoms with Crippen LogP contribution in [0.15, 0.2) is 12.3 Å². The van der Waals surface area contributed by atoms with Crippen molar-refractivity contribution in [3.63, 3.8) is 0 Å². The number of ether oxygens (including phenoxy) is 1. The van der Waals surface area contributed by atoms with E-state index >= 15 is 0 Å². The monoisotopic (exact) mass is 278 g/mol. The van der Waals surface area contributed by atoms with Crippen molar-refractivity contribution < 1.29 is 4.74 Å². The normalized spacial score (nSPS) is 19.4. The largest absolute Gasteiger partial charge is 0.481 e. The zero-order valence-corrected chi connectivity index (χ0v) is 12.8. The van der Waals surface area contributed by atoms with E-state index in [-0.39, 0.29) is 0 Å². The number of methoxy groups -OCH3 is 1. The second-order valence-electron chi connectivity index (χ2n) is 5.91. The van der Waals surface area contributed by atoms with E-state index in [1.807, 2.05) is 0 Å². The van der Waals surface area contributed by atoms with E-state index in [1.54, 1.807) is 19.4 Å². The lowest BCUT2D eigenvalue weighted by molar-refractivity contribution is 0.374. The summed E-state index contributed by atoms with van der Waals surface area (Å²) < 4.78 is 5.17. The predicted octanol–water partition coefficient (Wildman–Crippen LogP) is 1.95. The Morgan fingerprint density at radius 1 is 1.50 bits per heavy atom. The van der Waals surface area contributed by atoms with Gasteiger partial charge in [0.2, 0.25) is 11.8 Å². The molecule has 0 aliphatic carbocycles. The Morgan fingerprint density at radius 3 is 3.10 bits per heavy atom. The van der Waals surface area contributed by atoms with E-state index in [1.165, 1.54) is 12.8 Å². The number of anilines is 1. The molecular formula is C15H26N4O. The Bertz CT molecular complexity index is 411. The molecule has 5 heteroatoms. The molecule has 0 amide bonds. The molecule has 2 rings (SSSR count). The van der Waals surface area contributed by atoms with Gasteiger partial charge in [0, 0.05) is 25.4 Å². The van der Waals surface area contributed by atoms with Crippen molar-refractivity contribution in [3.8, 4) is 5.88 Å². The van der Waals surface area contributed by atoms with Crippen molar-refractivity contribution >= 4 is 5.95 Å². The second kappa shape index (κ2) is 7.43. The Labute approximate surface area is 121 Å². The minimum atomic E-state index is 0.634. The maximum Gasteiger partial charge on any atom is 0.228 e. The van der Waals surface area contributed by atoms with Crippen LogP contribution in [-0.4, -0.2) is 43.3 Å². The first kappa shape index (κ1) is 15.0. The molecule has 0 bridgehead atoms. The van der Waals surface area contributed by atoms with Crippen LogP contribution >= 0.6 is 0 Å². The fourth-order valence-electron chi connectivity index (χ4n) is 2.59. The summed E-state index contributed by atoms with van der Waals surface area (Å²) in [6.45, 7) is 8.71. The van der Waals surface area contributed by atoms with Crippen molar-refractivity contribution in [1.29, 1.82) is 0 Å². The van der Waals surface area contributed by atoms with Crippen LogP contribution in [0.4, 0.5) is 5.95 Å². The molecular weight excluding hydrogens is 252 g/mol. The van der Waals surface area contributed by atoms with Gasteiger partial charge in [-0.05, 0) is 37.8 Å². The Hall–Kier alpha value is -1.36. The van der Waals surface area contributed by atoms with Crippen molar-refractivity contribution in [1.82, 2.24) is 15.3 Å². The maximum atomic E-state index is 5.17. The summed E-state index contributed by atoms with van der Waals surface area (Å²) in [5.41, 5.74) is 0. The number of hydrogen-bond donors (Lipinski definition) is 1. The van der Waals surface area contributed by atoms with E-state index in [0.717, 1.165) is 32.1 Å². The van der Waals surface area contributed by atoms with E-state index in [0.29, 0.717) is 17.7 Å². The molecule has 0 radical (unpaired) electrons. The Morgan fingerprint density at radius 2 is 2.35 bits per heavy atom. The number of piperidine rings is 1. The third-order valence-electron chi connectivity index (χ3n) is 3.61. The molecule has 1 atom stereocenters. The van der Waals surface area contributed by atoms with Gasteiger partial charge < -0.3 is 15.0 Å². The zero-order valence-electron chi connectivity index (χ0n) is 12.8. The van der Waals surface area contributed by atoms with Crippen molar-refractivity contribution in [3.05, 3.63) is 12.3 Å². The summed E-state index contributed by atoms with van der Waals surface area (Å²) in [5, 5.41) is 3.56. The van der Waals surface area contributed by atoms with Crippen LogP contribution in [0.2, 0.25) is 0 Å². The molecule has 5 nitrogen and oxygen atoms in total. The average molecular weight is 278 g/mol. The number of hydrogen-bond acceptors (Lipinski definition) is 5. The average Bonchev–Trinajstić information content (AvgIpc) is 2.47. The molecule has 1 aromatic rings. The van der Waals surface area contributed by atoms with Gasteiger partial charge in [-0.3, -0.25) is 0 Å². The van der Waals surface area contributed by atoms with Crippen LogP contribution in [0.25, 0.3) is 0 Å². The fourth-order valence-corrected chi connectivity index (χ4v) is 2.59. The zero-order chi connectivity index (χ0) is 14.4. The molecule has 2 heterocycles. The van der Waals surface area contributed by atoms with E-state index in [2.05, 4.69) is 34.0 Å². The predicted molar refractivity (Wildman–Crippen MR) is 81.2 cm³/mol. The Balaban J connectivity index is 1.89. The summed E-state index contributed by atoms with van der Waals surface area (Å²) in [7, 11) is 1.64. The van der Waals surface area contributed by atoms with Crippen molar-refractivity contribution in [2.24, 2.45) is 11.8 Å². The van der Waals surface area contributed by atoms with Gasteiger partial charge in [-0.2, -0.15) is 4.98 Å². The van der Waals surface area contributed by atoms with E-state index in [9.17, 15) is 0 Å². The van der Waals surface area contributed by atoms with E-state index in [4.69, 9.17) is 4.74 Å². The smallest absolute Gasteiger partial charge is 0.228 e. The summed E-state index contributed by atoms with van der Waals surface area (Å²) in [4.78, 5) is 11.1. The highest BCUT2D eigenvalue weighted by Gasteiger charge is 2.21. The Kier molecular flexibility index (Phi) is 5.59. The third-order valence-corrected chi connectivity index (χ3v) is 3.61. The summed E-state index contributed by atoms with van der Waals surface area (Å²) >= 11 is 0. The molecule has 1 N–H and O–H groups in total. The SMILES string of the molecule is COc1ccnc(N2CCCC(CNCC(C)C)C2)n1. The third kappa shape index (κ3) is 4.34. The molecule has 1 aromatic heterocycles. The topological polar surface area (TPSA) is 50.3 Å². The number of aromatic nitrogens is 2. The van der Waals surface area contributed by atoms with Gasteiger partial charge in [0.15, 0.2) is 0 Å². The van der Waals surface area contributed by atoms with Crippen molar-refractivity contribution in [2.75, 3.05) is 38.2 Å². The summed E-state index contributed by atoms with van der Waals surface area (Å²) in [5.74, 6) is 2.81. The second-order valence-corrected chi connectivity index (χ2v) is 5.91. The van der Waals surface area contributed by atoms with Gasteiger partial charge in [-0.1, -0.05) is 13.8 Å². The molecule has 1 aliphatic heterocycles. The summed E-state index contributed by atoms with van der Waals surface area (Å²) in [6, 6.07) is 1.79. The van der Waals surface area contributed by atoms with Crippen LogP contribution in [0.1, 0.15) is 26.7 Å². The van der Waals surface area contributed by atoms with Gasteiger partial charge >= 0.3 is 0 Å². The highest BCUT2D eigenvalue weighted by atomic mass is 16.5. The summed E-state index contributed by atoms with van der Waals surface area (Å²) in [6.07, 6.45) is 4.25. The highest BCUT2D eigenvalue weighted by Crippen LogP contribution is 2.21. The van der Waals surface area contributed by atoms with Gasteiger partial charge in [0.1, 0.15) is 0 Å². The molecule has 1 unspecified atom stereocenters. The first-order valence-electron chi connectivity index (χ1n) is 7.51. The minimum absolute atomic E-state index is 0.634. The van der Waals surface area contributed by atoms with Gasteiger partial charge in [-0.15, -0.1) is 0 Å². The molecule has 0 spiro atoms. The molecule has 1 aliphatic rings. The van der Waals surface area contributed by atoms with Crippen LogP contribution in [-0.2, 0) is 0 Å². The van der Waals surface area contributed by atoms with Crippen LogP contribution < -0.4 is 15.0 Å². The first-order valence-corrected chi connectivity index (χ1v) is 7.51. The van der Waals surface area contributed by atoms with Crippen LogP contribution in [0.5, 0.6) is 5.88 Å². The molecule has 0 saturated carbocycles. The number of nitrogens with one attached hydrogen (secondary N) is 1. The molecule has 20 heavy (non-hydrogen) atoms. The molecule has 1 saturated heterocycles. The van der Waals surface area contributed by atoms with E-state index < -0.39 is 0 Å². The lowest BCUT2D eigenvalue weighted by Gasteiger charge is -2.33. The quantitative estimate of drug-likeness (QED) is 0.862. The molecule has 1 fully saturated rings. The van der Waals surface area contributed by atoms with Gasteiger partial charge in [-0.25, -0.2) is 4.98 Å². The van der Waals surface area contributed by atoms with Gasteiger partial charge in [0.05, 0.1) is 7.11 Å². The lowest BCUT2D eigenvalue weighted by atomic mass is 9.98.